The van der Waals surface area contributed by atoms with Gasteiger partial charge in [-0.2, -0.15) is 0 Å². The number of amides is 2. The van der Waals surface area contributed by atoms with Crippen LogP contribution in [-0.4, -0.2) is 23.9 Å². The van der Waals surface area contributed by atoms with Gasteiger partial charge < -0.3 is 10.1 Å². The third-order valence-electron chi connectivity index (χ3n) is 2.42. The van der Waals surface area contributed by atoms with Crippen molar-refractivity contribution in [1.82, 2.24) is 4.98 Å². The molecule has 1 aromatic heterocycles. The molecule has 2 amide bonds. The summed E-state index contributed by atoms with van der Waals surface area (Å²) in [5.41, 5.74) is 0.858. The van der Waals surface area contributed by atoms with E-state index in [1.54, 1.807) is 29.8 Å². The van der Waals surface area contributed by atoms with Gasteiger partial charge in [0.25, 0.3) is 5.91 Å². The molecule has 20 heavy (non-hydrogen) atoms. The molecular weight excluding hydrogens is 278 g/mol. The first-order chi connectivity index (χ1) is 9.60. The minimum absolute atomic E-state index is 0.207. The number of hydrogen-bond acceptors (Lipinski definition) is 5. The molecule has 0 radical (unpaired) electrons. The highest BCUT2D eigenvalue weighted by atomic mass is 32.1. The molecule has 2 aromatic rings. The quantitative estimate of drug-likeness (QED) is 0.906. The summed E-state index contributed by atoms with van der Waals surface area (Å²) >= 11 is 1.32. The molecule has 0 unspecified atom stereocenters. The third kappa shape index (κ3) is 3.33. The van der Waals surface area contributed by atoms with Crippen LogP contribution in [0.2, 0.25) is 0 Å². The number of carbonyl (C=O) groups excluding carboxylic acids is 2. The van der Waals surface area contributed by atoms with E-state index in [2.05, 4.69) is 15.6 Å². The SMILES string of the molecule is COc1ccc(NC(C)=O)cc1C(=O)Nc1nccs1. The van der Waals surface area contributed by atoms with Crippen LogP contribution in [0.3, 0.4) is 0 Å². The molecule has 0 fully saturated rings. The summed E-state index contributed by atoms with van der Waals surface area (Å²) < 4.78 is 5.16. The van der Waals surface area contributed by atoms with E-state index in [1.165, 1.54) is 25.4 Å². The summed E-state index contributed by atoms with van der Waals surface area (Å²) in [6.07, 6.45) is 1.60. The lowest BCUT2D eigenvalue weighted by atomic mass is 10.1. The lowest BCUT2D eigenvalue weighted by Crippen LogP contribution is -2.14. The fourth-order valence-corrected chi connectivity index (χ4v) is 2.14. The second-order valence-corrected chi connectivity index (χ2v) is 4.78. The minimum Gasteiger partial charge on any atom is -0.496 e. The number of anilines is 2. The topological polar surface area (TPSA) is 80.3 Å². The molecule has 1 heterocycles. The highest BCUT2D eigenvalue weighted by molar-refractivity contribution is 7.13. The molecule has 2 N–H and O–H groups in total. The number of rotatable bonds is 4. The molecule has 1 aromatic carbocycles. The number of ether oxygens (including phenoxy) is 1. The number of thiazole rings is 1. The van der Waals surface area contributed by atoms with E-state index in [-0.39, 0.29) is 11.8 Å². The Morgan fingerprint density at radius 1 is 1.30 bits per heavy atom. The molecule has 6 nitrogen and oxygen atoms in total. The van der Waals surface area contributed by atoms with Crippen molar-refractivity contribution >= 4 is 34.0 Å². The van der Waals surface area contributed by atoms with Gasteiger partial charge in [0.05, 0.1) is 12.7 Å². The summed E-state index contributed by atoms with van der Waals surface area (Å²) in [5.74, 6) is -0.126. The minimum atomic E-state index is -0.344. The maximum atomic E-state index is 12.2. The average Bonchev–Trinajstić information content (AvgIpc) is 2.90. The summed E-state index contributed by atoms with van der Waals surface area (Å²) in [6, 6.07) is 4.85. The second-order valence-electron chi connectivity index (χ2n) is 3.89. The van der Waals surface area contributed by atoms with Gasteiger partial charge >= 0.3 is 0 Å². The molecule has 0 atom stereocenters. The largest absolute Gasteiger partial charge is 0.496 e. The van der Waals surface area contributed by atoms with Gasteiger partial charge in [-0.1, -0.05) is 0 Å². The van der Waals surface area contributed by atoms with E-state index in [1.807, 2.05) is 0 Å². The third-order valence-corrected chi connectivity index (χ3v) is 3.11. The molecule has 104 valence electrons. The molecule has 0 spiro atoms. The van der Waals surface area contributed by atoms with Crippen molar-refractivity contribution in [2.45, 2.75) is 6.92 Å². The van der Waals surface area contributed by atoms with E-state index < -0.39 is 0 Å². The summed E-state index contributed by atoms with van der Waals surface area (Å²) in [5, 5.41) is 7.56. The van der Waals surface area contributed by atoms with Gasteiger partial charge in [0.2, 0.25) is 5.91 Å². The molecule has 2 rings (SSSR count). The first-order valence-electron chi connectivity index (χ1n) is 5.76. The van der Waals surface area contributed by atoms with Crippen molar-refractivity contribution in [2.75, 3.05) is 17.7 Å². The van der Waals surface area contributed by atoms with Crippen molar-refractivity contribution in [3.8, 4) is 5.75 Å². The molecular formula is C13H13N3O3S. The van der Waals surface area contributed by atoms with Crippen LogP contribution in [0.1, 0.15) is 17.3 Å². The summed E-state index contributed by atoms with van der Waals surface area (Å²) in [4.78, 5) is 27.2. The van der Waals surface area contributed by atoms with Crippen LogP contribution in [0.25, 0.3) is 0 Å². The van der Waals surface area contributed by atoms with Crippen LogP contribution in [0, 0.1) is 0 Å². The number of nitrogens with one attached hydrogen (secondary N) is 2. The molecule has 0 bridgehead atoms. The molecule has 0 aliphatic carbocycles. The number of hydrogen-bond donors (Lipinski definition) is 2. The predicted molar refractivity (Wildman–Crippen MR) is 77.4 cm³/mol. The molecule has 0 saturated carbocycles. The maximum Gasteiger partial charge on any atom is 0.261 e. The number of methoxy groups -OCH3 is 1. The first-order valence-corrected chi connectivity index (χ1v) is 6.64. The van der Waals surface area contributed by atoms with Crippen LogP contribution in [0.4, 0.5) is 10.8 Å². The number of aromatic nitrogens is 1. The van der Waals surface area contributed by atoms with Crippen molar-refractivity contribution in [1.29, 1.82) is 0 Å². The number of carbonyl (C=O) groups is 2. The van der Waals surface area contributed by atoms with Gasteiger partial charge in [-0.05, 0) is 18.2 Å². The van der Waals surface area contributed by atoms with Crippen molar-refractivity contribution in [2.24, 2.45) is 0 Å². The second kappa shape index (κ2) is 6.16. The Bertz CT molecular complexity index is 626. The van der Waals surface area contributed by atoms with Crippen LogP contribution >= 0.6 is 11.3 Å². The predicted octanol–water partition coefficient (Wildman–Crippen LogP) is 2.36. The maximum absolute atomic E-state index is 12.2. The van der Waals surface area contributed by atoms with E-state index in [0.717, 1.165) is 0 Å². The highest BCUT2D eigenvalue weighted by Crippen LogP contribution is 2.24. The Labute approximate surface area is 119 Å². The smallest absolute Gasteiger partial charge is 0.261 e. The lowest BCUT2D eigenvalue weighted by Gasteiger charge is -2.10. The standard InChI is InChI=1S/C13H13N3O3S/c1-8(17)15-9-3-4-11(19-2)10(7-9)12(18)16-13-14-5-6-20-13/h3-7H,1-2H3,(H,15,17)(H,14,16,18). The van der Waals surface area contributed by atoms with E-state index >= 15 is 0 Å². The summed E-state index contributed by atoms with van der Waals surface area (Å²) in [6.45, 7) is 1.40. The number of nitrogens with zero attached hydrogens (tertiary/aromatic N) is 1. The van der Waals surface area contributed by atoms with Gasteiger partial charge in [-0.3, -0.25) is 14.9 Å². The van der Waals surface area contributed by atoms with Gasteiger partial charge in [0.1, 0.15) is 5.75 Å². The Morgan fingerprint density at radius 3 is 2.70 bits per heavy atom. The monoisotopic (exact) mass is 291 g/mol. The average molecular weight is 291 g/mol. The van der Waals surface area contributed by atoms with E-state index in [0.29, 0.717) is 22.1 Å². The Kier molecular flexibility index (Phi) is 4.31. The molecule has 0 aliphatic rings. The normalized spacial score (nSPS) is 9.90. The van der Waals surface area contributed by atoms with E-state index in [4.69, 9.17) is 4.74 Å². The van der Waals surface area contributed by atoms with Gasteiger partial charge in [-0.15, -0.1) is 11.3 Å². The van der Waals surface area contributed by atoms with Gasteiger partial charge in [0.15, 0.2) is 5.13 Å². The molecule has 0 aliphatic heterocycles. The van der Waals surface area contributed by atoms with Gasteiger partial charge in [0, 0.05) is 24.2 Å². The zero-order valence-electron chi connectivity index (χ0n) is 11.0. The molecule has 0 saturated heterocycles. The van der Waals surface area contributed by atoms with Crippen molar-refractivity contribution < 1.29 is 14.3 Å². The zero-order chi connectivity index (χ0) is 14.5. The fourth-order valence-electron chi connectivity index (χ4n) is 1.62. The summed E-state index contributed by atoms with van der Waals surface area (Å²) in [7, 11) is 1.48. The van der Waals surface area contributed by atoms with Crippen LogP contribution < -0.4 is 15.4 Å². The lowest BCUT2D eigenvalue weighted by molar-refractivity contribution is -0.114. The van der Waals surface area contributed by atoms with Crippen molar-refractivity contribution in [3.05, 3.63) is 35.3 Å². The zero-order valence-corrected chi connectivity index (χ0v) is 11.8. The Balaban J connectivity index is 2.27. The fraction of sp³-hybridized carbons (Fsp3) is 0.154. The molecule has 7 heteroatoms. The van der Waals surface area contributed by atoms with Crippen LogP contribution in [0.5, 0.6) is 5.75 Å². The van der Waals surface area contributed by atoms with E-state index in [9.17, 15) is 9.59 Å². The number of benzene rings is 1. The Hall–Kier alpha value is -2.41. The van der Waals surface area contributed by atoms with Crippen molar-refractivity contribution in [3.63, 3.8) is 0 Å². The van der Waals surface area contributed by atoms with Gasteiger partial charge in [-0.25, -0.2) is 4.98 Å². The van der Waals surface area contributed by atoms with Crippen LogP contribution in [0.15, 0.2) is 29.8 Å². The Morgan fingerprint density at radius 2 is 2.10 bits per heavy atom. The van der Waals surface area contributed by atoms with Crippen LogP contribution in [-0.2, 0) is 4.79 Å². The first kappa shape index (κ1) is 14.0. The highest BCUT2D eigenvalue weighted by Gasteiger charge is 2.14.